The third kappa shape index (κ3) is 2.99. The van der Waals surface area contributed by atoms with E-state index >= 15 is 0 Å². The van der Waals surface area contributed by atoms with Crippen LogP contribution in [0.3, 0.4) is 0 Å². The van der Waals surface area contributed by atoms with E-state index in [1.807, 2.05) is 28.8 Å². The molecule has 1 aliphatic rings. The van der Waals surface area contributed by atoms with Crippen LogP contribution < -0.4 is 5.32 Å². The summed E-state index contributed by atoms with van der Waals surface area (Å²) in [7, 11) is 1.28. The summed E-state index contributed by atoms with van der Waals surface area (Å²) in [5.74, 6) is -2.37. The zero-order chi connectivity index (χ0) is 18.8. The molecule has 3 rings (SSSR count). The highest BCUT2D eigenvalue weighted by molar-refractivity contribution is 5.99. The van der Waals surface area contributed by atoms with E-state index < -0.39 is 17.9 Å². The van der Waals surface area contributed by atoms with Crippen molar-refractivity contribution in [3.8, 4) is 5.69 Å². The number of carboxylic acids is 1. The highest BCUT2D eigenvalue weighted by atomic mass is 16.5. The molecule has 1 aromatic heterocycles. The number of esters is 1. The first-order valence-corrected chi connectivity index (χ1v) is 8.02. The average molecular weight is 353 g/mol. The molecule has 1 aliphatic heterocycles. The van der Waals surface area contributed by atoms with Crippen molar-refractivity contribution in [2.75, 3.05) is 7.11 Å². The Labute approximate surface area is 150 Å². The number of methoxy groups -OCH3 is 1. The van der Waals surface area contributed by atoms with E-state index in [4.69, 9.17) is 4.74 Å². The van der Waals surface area contributed by atoms with Crippen LogP contribution in [0.1, 0.15) is 25.3 Å². The molecule has 1 aromatic carbocycles. The van der Waals surface area contributed by atoms with E-state index in [2.05, 4.69) is 10.3 Å². The molecule has 0 fully saturated rings. The first-order valence-electron chi connectivity index (χ1n) is 8.02. The predicted molar refractivity (Wildman–Crippen MR) is 94.5 cm³/mol. The molecule has 1 atom stereocenters. The standard InChI is InChI=1S/C19H19N3O4/c1-11-15(18(23)24)17(16(12(2)21-11)19(25)26-3)13-5-4-6-14(9-13)22-8-7-20-10-22/h4-10,17,21H,1-3H3,(H,23,24). The number of benzene rings is 1. The van der Waals surface area contributed by atoms with Crippen molar-refractivity contribution >= 4 is 11.9 Å². The molecule has 134 valence electrons. The molecule has 0 saturated heterocycles. The first kappa shape index (κ1) is 17.5. The number of aliphatic carboxylic acids is 1. The fourth-order valence-electron chi connectivity index (χ4n) is 3.27. The summed E-state index contributed by atoms with van der Waals surface area (Å²) in [4.78, 5) is 28.4. The Balaban J connectivity index is 2.19. The lowest BCUT2D eigenvalue weighted by molar-refractivity contribution is -0.136. The molecule has 7 heteroatoms. The minimum Gasteiger partial charge on any atom is -0.478 e. The van der Waals surface area contributed by atoms with Gasteiger partial charge in [-0.2, -0.15) is 0 Å². The third-order valence-corrected chi connectivity index (χ3v) is 4.40. The monoisotopic (exact) mass is 353 g/mol. The van der Waals surface area contributed by atoms with E-state index in [-0.39, 0.29) is 5.57 Å². The van der Waals surface area contributed by atoms with Gasteiger partial charge in [0.15, 0.2) is 0 Å². The molecular weight excluding hydrogens is 334 g/mol. The number of allylic oxidation sites excluding steroid dienone is 2. The third-order valence-electron chi connectivity index (χ3n) is 4.40. The van der Waals surface area contributed by atoms with Gasteiger partial charge in [-0.25, -0.2) is 14.6 Å². The number of carbonyl (C=O) groups is 2. The average Bonchev–Trinajstić information content (AvgIpc) is 3.15. The molecule has 0 amide bonds. The van der Waals surface area contributed by atoms with Gasteiger partial charge in [0, 0.05) is 29.5 Å². The highest BCUT2D eigenvalue weighted by Crippen LogP contribution is 2.39. The van der Waals surface area contributed by atoms with Crippen LogP contribution in [0.4, 0.5) is 0 Å². The number of ether oxygens (including phenoxy) is 1. The van der Waals surface area contributed by atoms with E-state index in [1.54, 1.807) is 32.6 Å². The van der Waals surface area contributed by atoms with Gasteiger partial charge in [-0.3, -0.25) is 0 Å². The van der Waals surface area contributed by atoms with Gasteiger partial charge >= 0.3 is 11.9 Å². The number of hydrogen-bond acceptors (Lipinski definition) is 5. The van der Waals surface area contributed by atoms with Crippen LogP contribution in [0.15, 0.2) is 65.5 Å². The Morgan fingerprint density at radius 3 is 2.58 bits per heavy atom. The summed E-state index contributed by atoms with van der Waals surface area (Å²) in [5, 5.41) is 12.7. The molecule has 1 unspecified atom stereocenters. The molecule has 0 radical (unpaired) electrons. The van der Waals surface area contributed by atoms with E-state index in [0.29, 0.717) is 22.5 Å². The largest absolute Gasteiger partial charge is 0.478 e. The summed E-state index contributed by atoms with van der Waals surface area (Å²) >= 11 is 0. The summed E-state index contributed by atoms with van der Waals surface area (Å²) in [6.07, 6.45) is 5.11. The number of dihydropyridines is 1. The number of hydrogen-bond donors (Lipinski definition) is 2. The molecule has 0 aliphatic carbocycles. The smallest absolute Gasteiger partial charge is 0.336 e. The minimum absolute atomic E-state index is 0.124. The maximum atomic E-state index is 12.4. The van der Waals surface area contributed by atoms with Crippen molar-refractivity contribution in [3.05, 3.63) is 71.1 Å². The quantitative estimate of drug-likeness (QED) is 0.820. The predicted octanol–water partition coefficient (Wildman–Crippen LogP) is 2.36. The van der Waals surface area contributed by atoms with E-state index in [9.17, 15) is 14.7 Å². The lowest BCUT2D eigenvalue weighted by Crippen LogP contribution is -2.31. The number of rotatable bonds is 4. The Hall–Kier alpha value is -3.35. The van der Waals surface area contributed by atoms with Crippen LogP contribution in [-0.4, -0.2) is 33.7 Å². The SMILES string of the molecule is COC(=O)C1=C(C)NC(C)=C(C(=O)O)C1c1cccc(-n2ccnc2)c1. The van der Waals surface area contributed by atoms with Crippen LogP contribution in [0, 0.1) is 0 Å². The molecule has 2 heterocycles. The van der Waals surface area contributed by atoms with Gasteiger partial charge in [0.1, 0.15) is 0 Å². The minimum atomic E-state index is -1.08. The lowest BCUT2D eigenvalue weighted by atomic mass is 9.80. The van der Waals surface area contributed by atoms with Crippen LogP contribution >= 0.6 is 0 Å². The molecule has 26 heavy (non-hydrogen) atoms. The second-order valence-electron chi connectivity index (χ2n) is 6.00. The zero-order valence-electron chi connectivity index (χ0n) is 14.7. The number of nitrogens with one attached hydrogen (secondary N) is 1. The van der Waals surface area contributed by atoms with E-state index in [1.165, 1.54) is 7.11 Å². The fraction of sp³-hybridized carbons (Fsp3) is 0.211. The van der Waals surface area contributed by atoms with Gasteiger partial charge in [-0.1, -0.05) is 12.1 Å². The van der Waals surface area contributed by atoms with E-state index in [0.717, 1.165) is 5.69 Å². The molecular formula is C19H19N3O4. The number of nitrogens with zero attached hydrogens (tertiary/aromatic N) is 2. The second kappa shape index (κ2) is 6.87. The molecule has 2 N–H and O–H groups in total. The summed E-state index contributed by atoms with van der Waals surface area (Å²) in [6, 6.07) is 7.37. The van der Waals surface area contributed by atoms with Crippen molar-refractivity contribution in [2.45, 2.75) is 19.8 Å². The van der Waals surface area contributed by atoms with Crippen molar-refractivity contribution in [2.24, 2.45) is 0 Å². The maximum absolute atomic E-state index is 12.4. The van der Waals surface area contributed by atoms with Gasteiger partial charge in [0.2, 0.25) is 0 Å². The summed E-state index contributed by atoms with van der Waals surface area (Å²) in [5.41, 5.74) is 3.01. The topological polar surface area (TPSA) is 93.5 Å². The Morgan fingerprint density at radius 1 is 1.23 bits per heavy atom. The van der Waals surface area contributed by atoms with Crippen LogP contribution in [0.25, 0.3) is 5.69 Å². The van der Waals surface area contributed by atoms with Gasteiger partial charge in [0.05, 0.1) is 30.5 Å². The molecule has 2 aromatic rings. The van der Waals surface area contributed by atoms with Gasteiger partial charge in [0.25, 0.3) is 0 Å². The maximum Gasteiger partial charge on any atom is 0.336 e. The van der Waals surface area contributed by atoms with Gasteiger partial charge in [-0.15, -0.1) is 0 Å². The number of imidazole rings is 1. The normalized spacial score (nSPS) is 17.1. The molecule has 0 bridgehead atoms. The molecule has 7 nitrogen and oxygen atoms in total. The van der Waals surface area contributed by atoms with Crippen LogP contribution in [0.5, 0.6) is 0 Å². The van der Waals surface area contributed by atoms with Crippen molar-refractivity contribution < 1.29 is 19.4 Å². The molecule has 0 saturated carbocycles. The fourth-order valence-corrected chi connectivity index (χ4v) is 3.27. The zero-order valence-corrected chi connectivity index (χ0v) is 14.7. The Bertz CT molecular complexity index is 926. The van der Waals surface area contributed by atoms with Crippen LogP contribution in [-0.2, 0) is 14.3 Å². The lowest BCUT2D eigenvalue weighted by Gasteiger charge is -2.29. The summed E-state index contributed by atoms with van der Waals surface area (Å²) < 4.78 is 6.73. The van der Waals surface area contributed by atoms with Gasteiger partial charge in [-0.05, 0) is 31.5 Å². The first-order chi connectivity index (χ1) is 12.4. The highest BCUT2D eigenvalue weighted by Gasteiger charge is 2.37. The van der Waals surface area contributed by atoms with Gasteiger partial charge < -0.3 is 19.7 Å². The van der Waals surface area contributed by atoms with Crippen molar-refractivity contribution in [1.82, 2.24) is 14.9 Å². The second-order valence-corrected chi connectivity index (χ2v) is 6.00. The molecule has 0 spiro atoms. The van der Waals surface area contributed by atoms with Crippen molar-refractivity contribution in [1.29, 1.82) is 0 Å². The summed E-state index contributed by atoms with van der Waals surface area (Å²) in [6.45, 7) is 3.43. The number of carboxylic acid groups (broad SMARTS) is 1. The Kier molecular flexibility index (Phi) is 4.62. The van der Waals surface area contributed by atoms with Crippen molar-refractivity contribution in [3.63, 3.8) is 0 Å². The number of carbonyl (C=O) groups excluding carboxylic acids is 1. The number of aromatic nitrogens is 2. The Morgan fingerprint density at radius 2 is 1.96 bits per heavy atom. The van der Waals surface area contributed by atoms with Crippen LogP contribution in [0.2, 0.25) is 0 Å².